The van der Waals surface area contributed by atoms with Gasteiger partial charge in [0.25, 0.3) is 0 Å². The fraction of sp³-hybridized carbons (Fsp3) is 0.733. The second-order valence-electron chi connectivity index (χ2n) is 14.2. The zero-order valence-electron chi connectivity index (χ0n) is 34.9. The standard InChI is InChI=1S/C45H80NO8P/c1-3-5-7-9-11-13-15-17-19-20-21-22-24-26-28-30-32-34-36-38-45(48)54-43(42-53-55(49,50)52-40-39-46)41-51-44(47)37-35-33-31-29-27-25-23-18-16-14-12-10-8-6-4-2/h11,13,17,19,21-22,26,28,32,34,43H,3-10,12,14-16,18,20,23-25,27,29-31,33,35-42,46H2,1-2H3,(H,49,50)/t43-/m1/s1. The van der Waals surface area contributed by atoms with E-state index in [9.17, 15) is 19.0 Å². The molecule has 0 aromatic rings. The summed E-state index contributed by atoms with van der Waals surface area (Å²) in [6.45, 7) is 3.62. The van der Waals surface area contributed by atoms with Crippen LogP contribution in [0.5, 0.6) is 0 Å². The molecule has 1 unspecified atom stereocenters. The minimum absolute atomic E-state index is 0.0409. The van der Waals surface area contributed by atoms with Crippen molar-refractivity contribution >= 4 is 19.8 Å². The summed E-state index contributed by atoms with van der Waals surface area (Å²) in [5.41, 5.74) is 5.34. The maximum Gasteiger partial charge on any atom is 0.472 e. The first-order valence-electron chi connectivity index (χ1n) is 21.8. The molecule has 0 aliphatic rings. The minimum Gasteiger partial charge on any atom is -0.462 e. The van der Waals surface area contributed by atoms with E-state index in [2.05, 4.69) is 62.5 Å². The number of esters is 2. The first-order valence-corrected chi connectivity index (χ1v) is 23.3. The fourth-order valence-electron chi connectivity index (χ4n) is 5.68. The highest BCUT2D eigenvalue weighted by atomic mass is 31.2. The lowest BCUT2D eigenvalue weighted by Crippen LogP contribution is -2.29. The van der Waals surface area contributed by atoms with Crippen molar-refractivity contribution < 1.29 is 37.6 Å². The fourth-order valence-corrected chi connectivity index (χ4v) is 6.44. The molecule has 0 rings (SSSR count). The van der Waals surface area contributed by atoms with Gasteiger partial charge in [-0.05, 0) is 51.4 Å². The second kappa shape index (κ2) is 41.3. The third-order valence-corrected chi connectivity index (χ3v) is 9.90. The smallest absolute Gasteiger partial charge is 0.462 e. The van der Waals surface area contributed by atoms with Gasteiger partial charge in [-0.15, -0.1) is 0 Å². The highest BCUT2D eigenvalue weighted by molar-refractivity contribution is 7.47. The molecule has 0 radical (unpaired) electrons. The Hall–Kier alpha value is -2.29. The quantitative estimate of drug-likeness (QED) is 0.0269. The zero-order chi connectivity index (χ0) is 40.3. The van der Waals surface area contributed by atoms with Crippen LogP contribution in [0.1, 0.15) is 181 Å². The van der Waals surface area contributed by atoms with Crippen molar-refractivity contribution in [1.29, 1.82) is 0 Å². The number of hydrogen-bond acceptors (Lipinski definition) is 8. The Morgan fingerprint density at radius 1 is 0.545 bits per heavy atom. The highest BCUT2D eigenvalue weighted by Gasteiger charge is 2.25. The average molecular weight is 794 g/mol. The molecule has 3 N–H and O–H groups in total. The lowest BCUT2D eigenvalue weighted by Gasteiger charge is -2.19. The molecule has 0 aliphatic carbocycles. The molecule has 0 fully saturated rings. The van der Waals surface area contributed by atoms with Gasteiger partial charge in [0, 0.05) is 19.4 Å². The number of phosphoric ester groups is 1. The molecule has 0 bridgehead atoms. The summed E-state index contributed by atoms with van der Waals surface area (Å²) in [7, 11) is -4.40. The Morgan fingerprint density at radius 2 is 0.982 bits per heavy atom. The number of nitrogens with two attached hydrogens (primary N) is 1. The van der Waals surface area contributed by atoms with Gasteiger partial charge >= 0.3 is 19.8 Å². The number of allylic oxidation sites excluding steroid dienone is 10. The number of ether oxygens (including phenoxy) is 2. The summed E-state index contributed by atoms with van der Waals surface area (Å²) < 4.78 is 32.7. The van der Waals surface area contributed by atoms with E-state index in [4.69, 9.17) is 24.3 Å². The van der Waals surface area contributed by atoms with Gasteiger partial charge in [-0.3, -0.25) is 18.6 Å². The van der Waals surface area contributed by atoms with Crippen LogP contribution < -0.4 is 5.73 Å². The Labute approximate surface area is 336 Å². The largest absolute Gasteiger partial charge is 0.472 e. The minimum atomic E-state index is -4.40. The molecular weight excluding hydrogens is 713 g/mol. The van der Waals surface area contributed by atoms with Crippen molar-refractivity contribution in [2.75, 3.05) is 26.4 Å². The van der Waals surface area contributed by atoms with Crippen molar-refractivity contribution in [2.24, 2.45) is 5.73 Å². The van der Waals surface area contributed by atoms with Crippen LogP contribution in [0.25, 0.3) is 0 Å². The number of hydrogen-bond donors (Lipinski definition) is 2. The summed E-state index contributed by atoms with van der Waals surface area (Å²) in [6.07, 6.45) is 48.3. The predicted octanol–water partition coefficient (Wildman–Crippen LogP) is 12.5. The molecule has 318 valence electrons. The number of rotatable bonds is 40. The van der Waals surface area contributed by atoms with Crippen LogP contribution in [0.4, 0.5) is 0 Å². The summed E-state index contributed by atoms with van der Waals surface area (Å²) in [6, 6.07) is 0. The lowest BCUT2D eigenvalue weighted by atomic mass is 10.0. The van der Waals surface area contributed by atoms with E-state index in [0.717, 1.165) is 44.9 Å². The van der Waals surface area contributed by atoms with E-state index in [0.29, 0.717) is 6.42 Å². The normalized spacial score (nSPS) is 13.9. The predicted molar refractivity (Wildman–Crippen MR) is 229 cm³/mol. The Balaban J connectivity index is 4.29. The van der Waals surface area contributed by atoms with Crippen molar-refractivity contribution in [3.63, 3.8) is 0 Å². The van der Waals surface area contributed by atoms with Crippen LogP contribution in [-0.4, -0.2) is 49.3 Å². The van der Waals surface area contributed by atoms with Gasteiger partial charge in [-0.25, -0.2) is 4.57 Å². The Kier molecular flexibility index (Phi) is 39.6. The lowest BCUT2D eigenvalue weighted by molar-refractivity contribution is -0.161. The zero-order valence-corrected chi connectivity index (χ0v) is 35.8. The van der Waals surface area contributed by atoms with Gasteiger partial charge < -0.3 is 20.1 Å². The maximum atomic E-state index is 12.5. The molecule has 0 heterocycles. The maximum absolute atomic E-state index is 12.5. The number of carbonyl (C=O) groups excluding carboxylic acids is 2. The van der Waals surface area contributed by atoms with E-state index < -0.39 is 32.5 Å². The van der Waals surface area contributed by atoms with E-state index in [1.165, 1.54) is 103 Å². The molecule has 0 aromatic heterocycles. The first-order chi connectivity index (χ1) is 26.8. The second-order valence-corrected chi connectivity index (χ2v) is 15.7. The summed E-state index contributed by atoms with van der Waals surface area (Å²) in [4.78, 5) is 34.8. The van der Waals surface area contributed by atoms with E-state index in [-0.39, 0.29) is 32.6 Å². The first kappa shape index (κ1) is 52.7. The molecular formula is C45H80NO8P. The summed E-state index contributed by atoms with van der Waals surface area (Å²) in [5.74, 6) is -0.924. The number of phosphoric acid groups is 1. The van der Waals surface area contributed by atoms with Gasteiger partial charge in [0.05, 0.1) is 13.2 Å². The summed E-state index contributed by atoms with van der Waals surface area (Å²) in [5, 5.41) is 0. The Morgan fingerprint density at radius 3 is 1.47 bits per heavy atom. The van der Waals surface area contributed by atoms with Gasteiger partial charge in [0.2, 0.25) is 0 Å². The third-order valence-electron chi connectivity index (χ3n) is 8.92. The van der Waals surface area contributed by atoms with Crippen molar-refractivity contribution in [3.8, 4) is 0 Å². The molecule has 10 heteroatoms. The van der Waals surface area contributed by atoms with E-state index in [1.54, 1.807) is 0 Å². The molecule has 0 aliphatic heterocycles. The van der Waals surface area contributed by atoms with Gasteiger partial charge in [0.15, 0.2) is 6.10 Å². The highest BCUT2D eigenvalue weighted by Crippen LogP contribution is 2.43. The van der Waals surface area contributed by atoms with Crippen LogP contribution in [0.15, 0.2) is 60.8 Å². The molecule has 0 spiro atoms. The van der Waals surface area contributed by atoms with Crippen LogP contribution in [0.3, 0.4) is 0 Å². The molecule has 55 heavy (non-hydrogen) atoms. The summed E-state index contributed by atoms with van der Waals surface area (Å²) >= 11 is 0. The van der Waals surface area contributed by atoms with Crippen molar-refractivity contribution in [3.05, 3.63) is 60.8 Å². The number of carbonyl (C=O) groups is 2. The van der Waals surface area contributed by atoms with Gasteiger partial charge in [-0.1, -0.05) is 177 Å². The van der Waals surface area contributed by atoms with Crippen LogP contribution in [0, 0.1) is 0 Å². The van der Waals surface area contributed by atoms with Crippen LogP contribution in [0.2, 0.25) is 0 Å². The molecule has 0 aromatic carbocycles. The van der Waals surface area contributed by atoms with Crippen molar-refractivity contribution in [1.82, 2.24) is 0 Å². The van der Waals surface area contributed by atoms with Crippen LogP contribution >= 0.6 is 7.82 Å². The van der Waals surface area contributed by atoms with E-state index in [1.807, 2.05) is 12.2 Å². The van der Waals surface area contributed by atoms with Gasteiger partial charge in [-0.2, -0.15) is 0 Å². The third kappa shape index (κ3) is 41.2. The SMILES string of the molecule is CCCCCC=CCC=CCC=CCC=CCC=CCCC(=O)O[C@H](COC(=O)CCCCCCCCCCCCCCCCC)COP(=O)(O)OCCN. The van der Waals surface area contributed by atoms with Gasteiger partial charge in [0.1, 0.15) is 6.61 Å². The average Bonchev–Trinajstić information content (AvgIpc) is 3.17. The van der Waals surface area contributed by atoms with Crippen molar-refractivity contribution in [2.45, 2.75) is 187 Å². The molecule has 0 amide bonds. The monoisotopic (exact) mass is 794 g/mol. The number of unbranched alkanes of at least 4 members (excludes halogenated alkanes) is 17. The molecule has 9 nitrogen and oxygen atoms in total. The molecule has 2 atom stereocenters. The van der Waals surface area contributed by atoms with E-state index >= 15 is 0 Å². The topological polar surface area (TPSA) is 134 Å². The van der Waals surface area contributed by atoms with Crippen LogP contribution in [-0.2, 0) is 32.7 Å². The molecule has 0 saturated heterocycles. The molecule has 0 saturated carbocycles. The Bertz CT molecular complexity index is 1090.